The molecule has 0 aromatic heterocycles. The molecule has 6 N–H and O–H groups in total. The van der Waals surface area contributed by atoms with Gasteiger partial charge in [-0.15, -0.1) is 0 Å². The molecule has 0 saturated heterocycles. The largest absolute Gasteiger partial charge is 0.418 e. The van der Waals surface area contributed by atoms with E-state index < -0.39 is 29.2 Å². The fraction of sp³-hybridized carbons (Fsp3) is 0.286. The highest BCUT2D eigenvalue weighted by atomic mass is 79.9. The number of aryl methyl sites for hydroxylation is 2. The number of nitrogens with zero attached hydrogens (tertiary/aromatic N) is 3. The number of fused-ring (bicyclic) bond motifs is 1. The number of anilines is 2. The van der Waals surface area contributed by atoms with Gasteiger partial charge in [-0.3, -0.25) is 0 Å². The summed E-state index contributed by atoms with van der Waals surface area (Å²) in [5.41, 5.74) is 15.5. The molecule has 184 valence electrons. The summed E-state index contributed by atoms with van der Waals surface area (Å²) in [6.07, 6.45) is -8.51. The van der Waals surface area contributed by atoms with Crippen molar-refractivity contribution < 1.29 is 26.3 Å². The van der Waals surface area contributed by atoms with Crippen molar-refractivity contribution in [1.82, 2.24) is 0 Å². The molecular weight excluding hydrogens is 530 g/mol. The minimum atomic E-state index is -4.44. The van der Waals surface area contributed by atoms with Crippen molar-refractivity contribution >= 4 is 38.8 Å². The van der Waals surface area contributed by atoms with E-state index >= 15 is 0 Å². The van der Waals surface area contributed by atoms with Crippen LogP contribution in [0.5, 0.6) is 0 Å². The van der Waals surface area contributed by atoms with Crippen LogP contribution in [0.3, 0.4) is 0 Å². The highest BCUT2D eigenvalue weighted by Gasteiger charge is 2.36. The Balaban J connectivity index is 0.000000525. The molecule has 3 rings (SSSR count). The number of rotatable bonds is 0. The van der Waals surface area contributed by atoms with E-state index in [9.17, 15) is 26.3 Å². The molecule has 0 amide bonds. The van der Waals surface area contributed by atoms with E-state index in [0.29, 0.717) is 23.1 Å². The normalized spacial score (nSPS) is 11.6. The van der Waals surface area contributed by atoms with Gasteiger partial charge in [0.15, 0.2) is 0 Å². The monoisotopic (exact) mass is 550 g/mol. The number of nitriles is 2. The van der Waals surface area contributed by atoms with Crippen LogP contribution in [-0.4, -0.2) is 5.84 Å². The molecule has 0 radical (unpaired) electrons. The quantitative estimate of drug-likeness (QED) is 0.267. The summed E-state index contributed by atoms with van der Waals surface area (Å²) in [4.78, 5) is 5.30. The summed E-state index contributed by atoms with van der Waals surface area (Å²) in [6, 6.07) is 6.92. The van der Waals surface area contributed by atoms with Crippen LogP contribution >= 0.6 is 15.9 Å². The zero-order chi connectivity index (χ0) is 26.9. The predicted octanol–water partition coefficient (Wildman–Crippen LogP) is 6.13. The van der Waals surface area contributed by atoms with Gasteiger partial charge in [-0.05, 0) is 43.2 Å². The standard InChI is InChI=1S/C10H9F3N2.C8H9F3N2.C2H3N.CBrN/c1-5-2-6-4-8(14)15-9(6)7(3-5)10(11,12)13;1-4-2-5(8(9,10)11)7(13)6(12)3-4;1-2-3;2-1-3/h2-3H,4H2,1H3,(H2,14,15);2-3H,12-13H2,1H3;1H3;. The van der Waals surface area contributed by atoms with Gasteiger partial charge in [0.25, 0.3) is 0 Å². The van der Waals surface area contributed by atoms with Crippen LogP contribution in [0.2, 0.25) is 0 Å². The smallest absolute Gasteiger partial charge is 0.397 e. The second-order valence-electron chi connectivity index (χ2n) is 6.72. The summed E-state index contributed by atoms with van der Waals surface area (Å²) in [7, 11) is 0. The van der Waals surface area contributed by atoms with E-state index in [1.165, 1.54) is 19.9 Å². The zero-order valence-corrected chi connectivity index (χ0v) is 19.8. The molecule has 0 saturated carbocycles. The van der Waals surface area contributed by atoms with Crippen molar-refractivity contribution in [3.63, 3.8) is 0 Å². The number of hydrogen-bond acceptors (Lipinski definition) is 6. The number of nitrogen functional groups attached to an aromatic ring is 2. The number of alkyl halides is 6. The van der Waals surface area contributed by atoms with Crippen LogP contribution < -0.4 is 17.2 Å². The lowest BCUT2D eigenvalue weighted by Crippen LogP contribution is -2.11. The molecule has 1 aliphatic rings. The van der Waals surface area contributed by atoms with Crippen LogP contribution in [0.15, 0.2) is 29.3 Å². The minimum absolute atomic E-state index is 0.0226. The van der Waals surface area contributed by atoms with E-state index in [0.717, 1.165) is 12.1 Å². The van der Waals surface area contributed by atoms with E-state index in [4.69, 9.17) is 27.7 Å². The molecule has 0 aliphatic carbocycles. The summed E-state index contributed by atoms with van der Waals surface area (Å²) < 4.78 is 74.7. The molecule has 2 aromatic carbocycles. The molecule has 0 fully saturated rings. The van der Waals surface area contributed by atoms with E-state index in [2.05, 4.69) is 20.9 Å². The number of halogens is 7. The van der Waals surface area contributed by atoms with Crippen LogP contribution in [-0.2, 0) is 18.8 Å². The van der Waals surface area contributed by atoms with Crippen molar-refractivity contribution in [2.24, 2.45) is 10.7 Å². The predicted molar refractivity (Wildman–Crippen MR) is 122 cm³/mol. The average molecular weight is 551 g/mol. The minimum Gasteiger partial charge on any atom is -0.397 e. The van der Waals surface area contributed by atoms with E-state index in [1.807, 2.05) is 0 Å². The van der Waals surface area contributed by atoms with Crippen LogP contribution in [0, 0.1) is 35.4 Å². The second-order valence-corrected chi connectivity index (χ2v) is 7.07. The molecule has 6 nitrogen and oxygen atoms in total. The lowest BCUT2D eigenvalue weighted by molar-refractivity contribution is -0.137. The maximum absolute atomic E-state index is 12.6. The van der Waals surface area contributed by atoms with Crippen LogP contribution in [0.4, 0.5) is 43.4 Å². The first kappa shape index (κ1) is 30.6. The van der Waals surface area contributed by atoms with Gasteiger partial charge >= 0.3 is 12.4 Å². The van der Waals surface area contributed by atoms with Crippen LogP contribution in [0.25, 0.3) is 0 Å². The summed E-state index contributed by atoms with van der Waals surface area (Å²) >= 11 is 2.45. The first-order valence-corrected chi connectivity index (χ1v) is 9.89. The molecule has 0 spiro atoms. The Morgan fingerprint density at radius 2 is 1.29 bits per heavy atom. The first-order valence-electron chi connectivity index (χ1n) is 9.10. The maximum Gasteiger partial charge on any atom is 0.418 e. The Kier molecular flexibility index (Phi) is 11.4. The Hall–Kier alpha value is -3.45. The number of nitrogens with two attached hydrogens (primary N) is 3. The van der Waals surface area contributed by atoms with Gasteiger partial charge in [-0.1, -0.05) is 11.6 Å². The SMILES string of the molecule is CC#N.Cc1cc(N)c(N)c(C(F)(F)F)c1.Cc1cc2c(c(C(F)(F)F)c1)N=C(N)C2.N#CBr. The Morgan fingerprint density at radius 3 is 1.74 bits per heavy atom. The average Bonchev–Trinajstić information content (AvgIpc) is 3.04. The van der Waals surface area contributed by atoms with Crippen molar-refractivity contribution in [1.29, 1.82) is 10.5 Å². The van der Waals surface area contributed by atoms with Gasteiger partial charge in [-0.25, -0.2) is 4.99 Å². The highest BCUT2D eigenvalue weighted by Crippen LogP contribution is 2.41. The molecule has 13 heteroatoms. The molecule has 1 heterocycles. The highest BCUT2D eigenvalue weighted by molar-refractivity contribution is 9.12. The summed E-state index contributed by atoms with van der Waals surface area (Å²) in [5.74, 6) is 0.237. The topological polar surface area (TPSA) is 138 Å². The number of amidine groups is 1. The summed E-state index contributed by atoms with van der Waals surface area (Å²) in [5, 5.41) is 14.6. The Morgan fingerprint density at radius 1 is 0.882 bits per heavy atom. The van der Waals surface area contributed by atoms with E-state index in [1.54, 1.807) is 24.0 Å². The lowest BCUT2D eigenvalue weighted by atomic mass is 10.0. The first-order chi connectivity index (χ1) is 15.5. The van der Waals surface area contributed by atoms with Crippen molar-refractivity contribution in [2.45, 2.75) is 39.5 Å². The van der Waals surface area contributed by atoms with Crippen molar-refractivity contribution in [2.75, 3.05) is 11.5 Å². The molecule has 1 aliphatic heterocycles. The molecule has 0 bridgehead atoms. The lowest BCUT2D eigenvalue weighted by Gasteiger charge is -2.12. The molecule has 34 heavy (non-hydrogen) atoms. The third-order valence-corrected chi connectivity index (χ3v) is 3.93. The van der Waals surface area contributed by atoms with E-state index in [-0.39, 0.29) is 17.2 Å². The zero-order valence-electron chi connectivity index (χ0n) is 18.2. The number of aliphatic imine (C=N–C) groups is 1. The number of benzene rings is 2. The van der Waals surface area contributed by atoms with Gasteiger partial charge in [0, 0.05) is 29.3 Å². The van der Waals surface area contributed by atoms with Crippen molar-refractivity contribution in [3.8, 4) is 11.0 Å². The molecule has 0 unspecified atom stereocenters. The van der Waals surface area contributed by atoms with Crippen LogP contribution in [0.1, 0.15) is 34.7 Å². The molecular formula is C21H21BrF6N6. The molecule has 0 atom stereocenters. The van der Waals surface area contributed by atoms with Gasteiger partial charge < -0.3 is 17.2 Å². The third-order valence-electron chi connectivity index (χ3n) is 3.93. The Labute approximate surface area is 200 Å². The van der Waals surface area contributed by atoms with Crippen molar-refractivity contribution in [3.05, 3.63) is 52.1 Å². The fourth-order valence-corrected chi connectivity index (χ4v) is 2.78. The maximum atomic E-state index is 12.6. The number of hydrogen-bond donors (Lipinski definition) is 3. The second kappa shape index (κ2) is 12.7. The third kappa shape index (κ3) is 9.19. The van der Waals surface area contributed by atoms with Gasteiger partial charge in [-0.2, -0.15) is 36.9 Å². The fourth-order valence-electron chi connectivity index (χ4n) is 2.78. The van der Waals surface area contributed by atoms with Gasteiger partial charge in [0.2, 0.25) is 0 Å². The van der Waals surface area contributed by atoms with Gasteiger partial charge in [0.1, 0.15) is 10.8 Å². The Bertz CT molecular complexity index is 1100. The molecule has 2 aromatic rings. The summed E-state index contributed by atoms with van der Waals surface area (Å²) in [6.45, 7) is 4.59. The van der Waals surface area contributed by atoms with Gasteiger partial charge in [0.05, 0.1) is 34.3 Å².